The summed E-state index contributed by atoms with van der Waals surface area (Å²) in [4.78, 5) is 34.4. The Kier molecular flexibility index (Phi) is 4.25. The summed E-state index contributed by atoms with van der Waals surface area (Å²) in [5.41, 5.74) is 2.31. The van der Waals surface area contributed by atoms with E-state index in [9.17, 15) is 19.7 Å². The second-order valence-corrected chi connectivity index (χ2v) is 6.98. The highest BCUT2D eigenvalue weighted by atomic mass is 32.2. The molecule has 0 saturated carbocycles. The monoisotopic (exact) mass is 379 g/mol. The van der Waals surface area contributed by atoms with Crippen molar-refractivity contribution in [1.29, 1.82) is 0 Å². The van der Waals surface area contributed by atoms with E-state index in [4.69, 9.17) is 0 Å². The number of carbonyl (C=O) groups excluding carboxylic acids is 2. The number of aromatic nitrogens is 1. The summed E-state index contributed by atoms with van der Waals surface area (Å²) in [6.45, 7) is 0.319. The lowest BCUT2D eigenvalue weighted by Crippen LogP contribution is -2.17. The molecule has 0 radical (unpaired) electrons. The first-order valence-corrected chi connectivity index (χ1v) is 8.89. The molecule has 7 nitrogen and oxygen atoms in total. The van der Waals surface area contributed by atoms with Crippen molar-refractivity contribution in [3.63, 3.8) is 0 Å². The number of nitrogens with one attached hydrogen (secondary N) is 1. The minimum atomic E-state index is -0.416. The van der Waals surface area contributed by atoms with E-state index < -0.39 is 16.1 Å². The van der Waals surface area contributed by atoms with Crippen LogP contribution in [-0.2, 0) is 11.3 Å². The predicted octanol–water partition coefficient (Wildman–Crippen LogP) is 3.92. The van der Waals surface area contributed by atoms with Gasteiger partial charge in [-0.3, -0.25) is 25.0 Å². The van der Waals surface area contributed by atoms with Crippen LogP contribution in [0.15, 0.2) is 59.6 Å². The average Bonchev–Trinajstić information content (AvgIpc) is 3.15. The first-order valence-electron chi connectivity index (χ1n) is 8.08. The van der Waals surface area contributed by atoms with Crippen LogP contribution in [0.25, 0.3) is 17.0 Å². The van der Waals surface area contributed by atoms with Crippen molar-refractivity contribution in [2.45, 2.75) is 6.54 Å². The lowest BCUT2D eigenvalue weighted by Gasteiger charge is -2.06. The maximum atomic E-state index is 11.8. The zero-order valence-corrected chi connectivity index (χ0v) is 14.7. The molecule has 0 aliphatic carbocycles. The van der Waals surface area contributed by atoms with Crippen LogP contribution in [0.4, 0.5) is 10.5 Å². The SMILES string of the molecule is O=C1NC(=O)/C(=C/c2cn(Cc3ccccc3[N+](=O)[O-])c3ccccc23)S1. The Labute approximate surface area is 157 Å². The fraction of sp³-hybridized carbons (Fsp3) is 0.0526. The van der Waals surface area contributed by atoms with Gasteiger partial charge >= 0.3 is 0 Å². The fourth-order valence-electron chi connectivity index (χ4n) is 3.09. The Morgan fingerprint density at radius 2 is 1.85 bits per heavy atom. The van der Waals surface area contributed by atoms with Crippen LogP contribution in [0, 0.1) is 10.1 Å². The van der Waals surface area contributed by atoms with E-state index in [0.717, 1.165) is 28.2 Å². The molecule has 2 amide bonds. The average molecular weight is 379 g/mol. The molecule has 0 atom stereocenters. The summed E-state index contributed by atoms with van der Waals surface area (Å²) in [6.07, 6.45) is 3.51. The van der Waals surface area contributed by atoms with Crippen LogP contribution in [0.5, 0.6) is 0 Å². The zero-order chi connectivity index (χ0) is 19.0. The molecule has 134 valence electrons. The number of thioether (sulfide) groups is 1. The molecule has 1 fully saturated rings. The summed E-state index contributed by atoms with van der Waals surface area (Å²) >= 11 is 0.860. The van der Waals surface area contributed by atoms with E-state index in [-0.39, 0.29) is 5.69 Å². The summed E-state index contributed by atoms with van der Waals surface area (Å²) in [5, 5.41) is 14.0. The van der Waals surface area contributed by atoms with Gasteiger partial charge in [-0.05, 0) is 23.9 Å². The van der Waals surface area contributed by atoms with E-state index in [1.165, 1.54) is 6.07 Å². The third-order valence-corrected chi connectivity index (χ3v) is 5.09. The molecule has 1 aliphatic rings. The number of benzene rings is 2. The maximum absolute atomic E-state index is 11.8. The minimum Gasteiger partial charge on any atom is -0.342 e. The Hall–Kier alpha value is -3.39. The Bertz CT molecular complexity index is 1130. The van der Waals surface area contributed by atoms with Gasteiger partial charge in [0.05, 0.1) is 16.4 Å². The van der Waals surface area contributed by atoms with E-state index in [1.807, 2.05) is 35.0 Å². The van der Waals surface area contributed by atoms with Crippen molar-refractivity contribution in [2.24, 2.45) is 0 Å². The largest absolute Gasteiger partial charge is 0.342 e. The predicted molar refractivity (Wildman–Crippen MR) is 103 cm³/mol. The lowest BCUT2D eigenvalue weighted by atomic mass is 10.1. The van der Waals surface area contributed by atoms with Gasteiger partial charge in [0, 0.05) is 34.3 Å². The number of rotatable bonds is 4. The summed E-state index contributed by atoms with van der Waals surface area (Å²) in [5.74, 6) is -0.416. The lowest BCUT2D eigenvalue weighted by molar-refractivity contribution is -0.385. The third kappa shape index (κ3) is 3.22. The van der Waals surface area contributed by atoms with Crippen molar-refractivity contribution < 1.29 is 14.5 Å². The van der Waals surface area contributed by atoms with Gasteiger partial charge < -0.3 is 4.57 Å². The smallest absolute Gasteiger partial charge is 0.290 e. The highest BCUT2D eigenvalue weighted by Crippen LogP contribution is 2.30. The van der Waals surface area contributed by atoms with E-state index >= 15 is 0 Å². The molecule has 1 aliphatic heterocycles. The molecule has 0 spiro atoms. The van der Waals surface area contributed by atoms with Gasteiger partial charge in [0.2, 0.25) is 0 Å². The Morgan fingerprint density at radius 3 is 2.59 bits per heavy atom. The van der Waals surface area contributed by atoms with Crippen molar-refractivity contribution in [3.8, 4) is 0 Å². The quantitative estimate of drug-likeness (QED) is 0.421. The molecule has 4 rings (SSSR count). The molecule has 27 heavy (non-hydrogen) atoms. The first-order chi connectivity index (χ1) is 13.0. The number of fused-ring (bicyclic) bond motifs is 1. The van der Waals surface area contributed by atoms with E-state index in [1.54, 1.807) is 24.3 Å². The molecule has 1 aromatic heterocycles. The van der Waals surface area contributed by atoms with Crippen LogP contribution in [0.2, 0.25) is 0 Å². The van der Waals surface area contributed by atoms with Crippen molar-refractivity contribution in [1.82, 2.24) is 9.88 Å². The minimum absolute atomic E-state index is 0.0616. The second kappa shape index (κ2) is 6.73. The van der Waals surface area contributed by atoms with Crippen molar-refractivity contribution in [2.75, 3.05) is 0 Å². The number of nitro groups is 1. The van der Waals surface area contributed by atoms with Crippen molar-refractivity contribution >= 4 is 45.6 Å². The standard InChI is InChI=1S/C19H13N3O4S/c23-18-17(27-19(24)20-18)9-13-11-21(16-8-4-2-6-14(13)16)10-12-5-1-3-7-15(12)22(25)26/h1-9,11H,10H2,(H,20,23,24)/b17-9-. The van der Waals surface area contributed by atoms with Crippen LogP contribution in [0.3, 0.4) is 0 Å². The fourth-order valence-corrected chi connectivity index (χ4v) is 3.76. The topological polar surface area (TPSA) is 94.2 Å². The number of hydrogen-bond donors (Lipinski definition) is 1. The third-order valence-electron chi connectivity index (χ3n) is 4.28. The van der Waals surface area contributed by atoms with Gasteiger partial charge in [-0.1, -0.05) is 36.4 Å². The number of amides is 2. The molecular formula is C19H13N3O4S. The van der Waals surface area contributed by atoms with Crippen LogP contribution in [-0.4, -0.2) is 20.6 Å². The molecular weight excluding hydrogens is 366 g/mol. The van der Waals surface area contributed by atoms with Crippen LogP contribution < -0.4 is 5.32 Å². The number of carbonyl (C=O) groups is 2. The number of imide groups is 1. The van der Waals surface area contributed by atoms with Gasteiger partial charge in [0.25, 0.3) is 16.8 Å². The Balaban J connectivity index is 1.80. The van der Waals surface area contributed by atoms with Crippen LogP contribution >= 0.6 is 11.8 Å². The number of nitrogens with zero attached hydrogens (tertiary/aromatic N) is 2. The van der Waals surface area contributed by atoms with Crippen LogP contribution in [0.1, 0.15) is 11.1 Å². The molecule has 3 aromatic rings. The molecule has 1 N–H and O–H groups in total. The molecule has 2 aromatic carbocycles. The second-order valence-electron chi connectivity index (χ2n) is 5.97. The molecule has 1 saturated heterocycles. The highest BCUT2D eigenvalue weighted by molar-refractivity contribution is 8.18. The van der Waals surface area contributed by atoms with Gasteiger partial charge in [0.1, 0.15) is 0 Å². The molecule has 8 heteroatoms. The highest BCUT2D eigenvalue weighted by Gasteiger charge is 2.25. The van der Waals surface area contributed by atoms with Gasteiger partial charge in [-0.15, -0.1) is 0 Å². The number of nitro benzene ring substituents is 1. The zero-order valence-electron chi connectivity index (χ0n) is 13.9. The van der Waals surface area contributed by atoms with Crippen molar-refractivity contribution in [3.05, 3.63) is 80.9 Å². The van der Waals surface area contributed by atoms with Gasteiger partial charge in [0.15, 0.2) is 0 Å². The molecule has 0 bridgehead atoms. The molecule has 0 unspecified atom stereocenters. The molecule has 2 heterocycles. The summed E-state index contributed by atoms with van der Waals surface area (Å²) in [6, 6.07) is 14.2. The Morgan fingerprint density at radius 1 is 1.11 bits per heavy atom. The number of para-hydroxylation sites is 2. The van der Waals surface area contributed by atoms with Gasteiger partial charge in [-0.25, -0.2) is 0 Å². The summed E-state index contributed by atoms with van der Waals surface area (Å²) in [7, 11) is 0. The van der Waals surface area contributed by atoms with E-state index in [0.29, 0.717) is 17.0 Å². The maximum Gasteiger partial charge on any atom is 0.290 e. The first kappa shape index (κ1) is 17.0. The normalized spacial score (nSPS) is 15.5. The van der Waals surface area contributed by atoms with E-state index in [2.05, 4.69) is 5.32 Å². The summed E-state index contributed by atoms with van der Waals surface area (Å²) < 4.78 is 1.91. The number of hydrogen-bond acceptors (Lipinski definition) is 5. The van der Waals surface area contributed by atoms with Gasteiger partial charge in [-0.2, -0.15) is 0 Å².